The Bertz CT molecular complexity index is 314. The quantitative estimate of drug-likeness (QED) is 0.519. The third kappa shape index (κ3) is 1.83. The van der Waals surface area contributed by atoms with Gasteiger partial charge < -0.3 is 15.4 Å². The molecule has 1 aromatic heterocycles. The molecule has 0 amide bonds. The van der Waals surface area contributed by atoms with Crippen LogP contribution in [0.5, 0.6) is 0 Å². The number of nitrogens with two attached hydrogens (primary N) is 1. The SMILES string of the molecule is N=C(N)C1CN(c2nncs2)CCO1. The van der Waals surface area contributed by atoms with E-state index in [1.165, 1.54) is 11.3 Å². The van der Waals surface area contributed by atoms with Crippen molar-refractivity contribution in [3.05, 3.63) is 5.51 Å². The monoisotopic (exact) mass is 213 g/mol. The Morgan fingerprint density at radius 2 is 2.64 bits per heavy atom. The van der Waals surface area contributed by atoms with Crippen LogP contribution in [0.25, 0.3) is 0 Å². The van der Waals surface area contributed by atoms with Crippen LogP contribution >= 0.6 is 11.3 Å². The summed E-state index contributed by atoms with van der Waals surface area (Å²) in [4.78, 5) is 2.03. The van der Waals surface area contributed by atoms with Gasteiger partial charge in [-0.1, -0.05) is 11.3 Å². The lowest BCUT2D eigenvalue weighted by molar-refractivity contribution is 0.0826. The summed E-state index contributed by atoms with van der Waals surface area (Å²) in [5.41, 5.74) is 7.07. The van der Waals surface area contributed by atoms with Gasteiger partial charge in [-0.25, -0.2) is 0 Å². The van der Waals surface area contributed by atoms with Gasteiger partial charge >= 0.3 is 0 Å². The van der Waals surface area contributed by atoms with Crippen molar-refractivity contribution < 1.29 is 4.74 Å². The first-order valence-corrected chi connectivity index (χ1v) is 5.12. The summed E-state index contributed by atoms with van der Waals surface area (Å²) in [6.07, 6.45) is -0.312. The predicted molar refractivity (Wildman–Crippen MR) is 53.8 cm³/mol. The Hall–Kier alpha value is -1.21. The fraction of sp³-hybridized carbons (Fsp3) is 0.571. The van der Waals surface area contributed by atoms with Crippen LogP contribution in [0.4, 0.5) is 5.13 Å². The van der Waals surface area contributed by atoms with Gasteiger partial charge in [-0.15, -0.1) is 10.2 Å². The van der Waals surface area contributed by atoms with Gasteiger partial charge in [-0.2, -0.15) is 0 Å². The van der Waals surface area contributed by atoms with Crippen LogP contribution in [0.1, 0.15) is 0 Å². The van der Waals surface area contributed by atoms with Gasteiger partial charge in [-0.3, -0.25) is 5.41 Å². The number of hydrogen-bond donors (Lipinski definition) is 2. The second-order valence-electron chi connectivity index (χ2n) is 2.98. The molecule has 3 N–H and O–H groups in total. The molecule has 0 aromatic carbocycles. The topological polar surface area (TPSA) is 88.1 Å². The second kappa shape index (κ2) is 3.89. The van der Waals surface area contributed by atoms with Crippen LogP contribution < -0.4 is 10.6 Å². The summed E-state index contributed by atoms with van der Waals surface area (Å²) in [7, 11) is 0. The van der Waals surface area contributed by atoms with E-state index in [0.29, 0.717) is 13.2 Å². The number of nitrogens with one attached hydrogen (secondary N) is 1. The van der Waals surface area contributed by atoms with Gasteiger partial charge in [0.25, 0.3) is 0 Å². The first-order valence-electron chi connectivity index (χ1n) is 4.24. The zero-order valence-corrected chi connectivity index (χ0v) is 8.33. The number of morpholine rings is 1. The minimum Gasteiger partial charge on any atom is -0.385 e. The van der Waals surface area contributed by atoms with E-state index in [1.807, 2.05) is 4.90 Å². The molecule has 6 nitrogen and oxygen atoms in total. The van der Waals surface area contributed by atoms with E-state index < -0.39 is 0 Å². The third-order valence-electron chi connectivity index (χ3n) is 2.03. The van der Waals surface area contributed by atoms with Gasteiger partial charge in [0.1, 0.15) is 17.5 Å². The zero-order valence-electron chi connectivity index (χ0n) is 7.51. The maximum absolute atomic E-state index is 7.30. The molecule has 7 heteroatoms. The van der Waals surface area contributed by atoms with Crippen LogP contribution in [0.3, 0.4) is 0 Å². The molecule has 2 rings (SSSR count). The molecule has 0 spiro atoms. The number of anilines is 1. The number of hydrogen-bond acceptors (Lipinski definition) is 6. The highest BCUT2D eigenvalue weighted by Crippen LogP contribution is 2.18. The van der Waals surface area contributed by atoms with Gasteiger partial charge in [0, 0.05) is 6.54 Å². The van der Waals surface area contributed by atoms with Crippen molar-refractivity contribution in [3.63, 3.8) is 0 Å². The van der Waals surface area contributed by atoms with Gasteiger partial charge in [-0.05, 0) is 0 Å². The Balaban J connectivity index is 2.04. The number of amidine groups is 1. The highest BCUT2D eigenvalue weighted by Gasteiger charge is 2.24. The fourth-order valence-corrected chi connectivity index (χ4v) is 1.91. The molecular formula is C7H11N5OS. The van der Waals surface area contributed by atoms with Crippen LogP contribution in [0.15, 0.2) is 5.51 Å². The molecule has 1 aliphatic rings. The van der Waals surface area contributed by atoms with Gasteiger partial charge in [0.15, 0.2) is 0 Å². The lowest BCUT2D eigenvalue weighted by atomic mass is 10.2. The molecule has 0 saturated carbocycles. The van der Waals surface area contributed by atoms with Crippen LogP contribution in [0.2, 0.25) is 0 Å². The van der Waals surface area contributed by atoms with E-state index in [4.69, 9.17) is 15.9 Å². The molecule has 0 aliphatic carbocycles. The van der Waals surface area contributed by atoms with Gasteiger partial charge in [0.2, 0.25) is 5.13 Å². The highest BCUT2D eigenvalue weighted by molar-refractivity contribution is 7.13. The number of aromatic nitrogens is 2. The molecule has 1 unspecified atom stereocenters. The third-order valence-corrected chi connectivity index (χ3v) is 2.78. The molecule has 76 valence electrons. The smallest absolute Gasteiger partial charge is 0.208 e. The van der Waals surface area contributed by atoms with E-state index in [2.05, 4.69) is 10.2 Å². The molecule has 0 bridgehead atoms. The normalized spacial score (nSPS) is 22.3. The molecule has 2 heterocycles. The van der Waals surface area contributed by atoms with E-state index in [-0.39, 0.29) is 11.9 Å². The number of ether oxygens (including phenoxy) is 1. The molecular weight excluding hydrogens is 202 g/mol. The molecule has 0 radical (unpaired) electrons. The number of nitrogens with zero attached hydrogens (tertiary/aromatic N) is 3. The zero-order chi connectivity index (χ0) is 9.97. The molecule has 14 heavy (non-hydrogen) atoms. The second-order valence-corrected chi connectivity index (χ2v) is 3.79. The maximum atomic E-state index is 7.30. The molecule has 1 fully saturated rings. The van der Waals surface area contributed by atoms with Crippen molar-refractivity contribution in [1.82, 2.24) is 10.2 Å². The molecule has 1 aromatic rings. The fourth-order valence-electron chi connectivity index (χ4n) is 1.32. The minimum absolute atomic E-state index is 0.0687. The van der Waals surface area contributed by atoms with E-state index in [1.54, 1.807) is 5.51 Å². The largest absolute Gasteiger partial charge is 0.385 e. The Morgan fingerprint density at radius 3 is 3.29 bits per heavy atom. The summed E-state index contributed by atoms with van der Waals surface area (Å²) >= 11 is 1.48. The van der Waals surface area contributed by atoms with Gasteiger partial charge in [0.05, 0.1) is 13.2 Å². The van der Waals surface area contributed by atoms with Crippen molar-refractivity contribution in [2.45, 2.75) is 6.10 Å². The van der Waals surface area contributed by atoms with E-state index in [9.17, 15) is 0 Å². The van der Waals surface area contributed by atoms with E-state index >= 15 is 0 Å². The average molecular weight is 213 g/mol. The molecule has 1 saturated heterocycles. The van der Waals surface area contributed by atoms with Crippen molar-refractivity contribution in [2.24, 2.45) is 5.73 Å². The minimum atomic E-state index is -0.312. The predicted octanol–water partition coefficient (Wildman–Crippen LogP) is -0.321. The van der Waals surface area contributed by atoms with Crippen molar-refractivity contribution in [1.29, 1.82) is 5.41 Å². The van der Waals surface area contributed by atoms with Crippen LogP contribution in [-0.2, 0) is 4.74 Å². The summed E-state index contributed by atoms with van der Waals surface area (Å²) in [6.45, 7) is 1.94. The summed E-state index contributed by atoms with van der Waals surface area (Å²) < 4.78 is 5.33. The van der Waals surface area contributed by atoms with Crippen LogP contribution in [-0.4, -0.2) is 41.8 Å². The first kappa shape index (κ1) is 9.35. The van der Waals surface area contributed by atoms with Crippen molar-refractivity contribution >= 4 is 22.3 Å². The Kier molecular flexibility index (Phi) is 2.60. The standard InChI is InChI=1S/C7H11N5OS/c8-6(9)5-3-12(1-2-13-5)7-11-10-4-14-7/h4-5H,1-3H2,(H3,8,9). The maximum Gasteiger partial charge on any atom is 0.208 e. The van der Waals surface area contributed by atoms with Crippen LogP contribution in [0, 0.1) is 5.41 Å². The van der Waals surface area contributed by atoms with E-state index in [0.717, 1.165) is 11.7 Å². The summed E-state index contributed by atoms with van der Waals surface area (Å²) in [6, 6.07) is 0. The number of rotatable bonds is 2. The van der Waals surface area contributed by atoms with Crippen molar-refractivity contribution in [3.8, 4) is 0 Å². The molecule has 1 aliphatic heterocycles. The lowest BCUT2D eigenvalue weighted by Gasteiger charge is -2.31. The highest BCUT2D eigenvalue weighted by atomic mass is 32.1. The Labute approximate surface area is 85.2 Å². The molecule has 1 atom stereocenters. The van der Waals surface area contributed by atoms with Crippen molar-refractivity contribution in [2.75, 3.05) is 24.6 Å². The average Bonchev–Trinajstić information content (AvgIpc) is 2.71. The summed E-state index contributed by atoms with van der Waals surface area (Å²) in [5.74, 6) is 0.0687. The summed E-state index contributed by atoms with van der Waals surface area (Å²) in [5, 5.41) is 15.9. The Morgan fingerprint density at radius 1 is 1.79 bits per heavy atom. The first-order chi connectivity index (χ1) is 6.77. The lowest BCUT2D eigenvalue weighted by Crippen LogP contribution is -2.48.